The lowest BCUT2D eigenvalue weighted by atomic mass is 10.2. The van der Waals surface area contributed by atoms with Gasteiger partial charge in [-0.3, -0.25) is 14.6 Å². The maximum absolute atomic E-state index is 11.6. The number of thiazole rings is 1. The normalized spacial score (nSPS) is 13.9. The summed E-state index contributed by atoms with van der Waals surface area (Å²) in [6.45, 7) is 4.82. The Kier molecular flexibility index (Phi) is 8.13. The van der Waals surface area contributed by atoms with Gasteiger partial charge in [-0.15, -0.1) is 0 Å². The third kappa shape index (κ3) is 6.50. The standard InChI is InChI=1S/C14H25N7O2S/c1-8(15)13(23)21-9(2)12(17-3)18-5-4-6-19-14-20-7-10(24-14)11(16)22/h7-9H,4-6,15H2,1-3H3,(H2,16,22)(H,17,18)(H,19,20)(H,21,23). The number of primary amides is 1. The highest BCUT2D eigenvalue weighted by atomic mass is 32.1. The third-order valence-corrected chi connectivity index (χ3v) is 4.08. The van der Waals surface area contributed by atoms with Gasteiger partial charge in [-0.2, -0.15) is 0 Å². The molecule has 0 bridgehead atoms. The number of anilines is 1. The quantitative estimate of drug-likeness (QED) is 0.229. The first kappa shape index (κ1) is 19.8. The van der Waals surface area contributed by atoms with E-state index in [1.54, 1.807) is 14.0 Å². The summed E-state index contributed by atoms with van der Waals surface area (Å²) in [5.74, 6) is -0.00995. The maximum Gasteiger partial charge on any atom is 0.260 e. The minimum absolute atomic E-state index is 0.221. The van der Waals surface area contributed by atoms with Gasteiger partial charge < -0.3 is 27.4 Å². The molecule has 0 saturated carbocycles. The van der Waals surface area contributed by atoms with E-state index in [0.29, 0.717) is 28.9 Å². The van der Waals surface area contributed by atoms with Gasteiger partial charge >= 0.3 is 0 Å². The smallest absolute Gasteiger partial charge is 0.260 e. The predicted molar refractivity (Wildman–Crippen MR) is 96.4 cm³/mol. The number of carbonyl (C=O) groups excluding carboxylic acids is 2. The van der Waals surface area contributed by atoms with E-state index in [1.165, 1.54) is 17.5 Å². The van der Waals surface area contributed by atoms with Crippen molar-refractivity contribution < 1.29 is 9.59 Å². The molecule has 0 aliphatic carbocycles. The van der Waals surface area contributed by atoms with Crippen LogP contribution in [0.4, 0.5) is 5.13 Å². The zero-order valence-electron chi connectivity index (χ0n) is 14.1. The number of amides is 2. The Morgan fingerprint density at radius 2 is 2.08 bits per heavy atom. The van der Waals surface area contributed by atoms with Crippen molar-refractivity contribution in [2.24, 2.45) is 16.5 Å². The zero-order chi connectivity index (χ0) is 18.1. The zero-order valence-corrected chi connectivity index (χ0v) is 14.9. The third-order valence-electron chi connectivity index (χ3n) is 3.11. The van der Waals surface area contributed by atoms with Gasteiger partial charge in [0.15, 0.2) is 5.13 Å². The molecule has 134 valence electrons. The van der Waals surface area contributed by atoms with Crippen LogP contribution >= 0.6 is 11.3 Å². The second kappa shape index (κ2) is 9.83. The van der Waals surface area contributed by atoms with Crippen molar-refractivity contribution in [3.63, 3.8) is 0 Å². The second-order valence-corrected chi connectivity index (χ2v) is 6.26. The van der Waals surface area contributed by atoms with E-state index in [4.69, 9.17) is 11.5 Å². The number of carbonyl (C=O) groups is 2. The molecule has 24 heavy (non-hydrogen) atoms. The number of amidine groups is 1. The topological polar surface area (TPSA) is 148 Å². The Morgan fingerprint density at radius 3 is 2.62 bits per heavy atom. The van der Waals surface area contributed by atoms with Crippen LogP contribution in [0.15, 0.2) is 11.2 Å². The van der Waals surface area contributed by atoms with Crippen LogP contribution in [0.25, 0.3) is 0 Å². The summed E-state index contributed by atoms with van der Waals surface area (Å²) >= 11 is 1.22. The van der Waals surface area contributed by atoms with E-state index >= 15 is 0 Å². The molecule has 0 radical (unpaired) electrons. The van der Waals surface area contributed by atoms with Gasteiger partial charge in [0.05, 0.1) is 18.3 Å². The number of nitrogens with zero attached hydrogens (tertiary/aromatic N) is 2. The first-order chi connectivity index (χ1) is 11.3. The molecule has 1 aromatic heterocycles. The van der Waals surface area contributed by atoms with E-state index < -0.39 is 11.9 Å². The molecule has 10 heteroatoms. The highest BCUT2D eigenvalue weighted by Gasteiger charge is 2.15. The molecule has 0 aliphatic heterocycles. The fourth-order valence-corrected chi connectivity index (χ4v) is 2.50. The molecule has 0 saturated heterocycles. The molecule has 9 nitrogen and oxygen atoms in total. The van der Waals surface area contributed by atoms with Crippen molar-refractivity contribution in [1.82, 2.24) is 15.6 Å². The Balaban J connectivity index is 2.29. The van der Waals surface area contributed by atoms with Crippen LogP contribution in [0.3, 0.4) is 0 Å². The van der Waals surface area contributed by atoms with Crippen LogP contribution in [-0.4, -0.2) is 54.9 Å². The number of aromatic nitrogens is 1. The molecule has 7 N–H and O–H groups in total. The molecular weight excluding hydrogens is 330 g/mol. The Labute approximate surface area is 145 Å². The van der Waals surface area contributed by atoms with Crippen molar-refractivity contribution in [1.29, 1.82) is 0 Å². The van der Waals surface area contributed by atoms with Crippen LogP contribution in [0, 0.1) is 0 Å². The predicted octanol–water partition coefficient (Wildman–Crippen LogP) is -0.486. The fraction of sp³-hybridized carbons (Fsp3) is 0.571. The molecular formula is C14H25N7O2S. The molecule has 0 aromatic carbocycles. The summed E-state index contributed by atoms with van der Waals surface area (Å²) in [4.78, 5) is 31.2. The lowest BCUT2D eigenvalue weighted by Crippen LogP contribution is -2.49. The van der Waals surface area contributed by atoms with Gasteiger partial charge in [-0.25, -0.2) is 4.98 Å². The summed E-state index contributed by atoms with van der Waals surface area (Å²) in [5.41, 5.74) is 10.7. The minimum Gasteiger partial charge on any atom is -0.372 e. The van der Waals surface area contributed by atoms with Gasteiger partial charge in [0, 0.05) is 20.1 Å². The summed E-state index contributed by atoms with van der Waals surface area (Å²) in [6, 6.07) is -0.795. The number of hydrogen-bond acceptors (Lipinski definition) is 7. The lowest BCUT2D eigenvalue weighted by molar-refractivity contribution is -0.122. The monoisotopic (exact) mass is 355 g/mol. The molecule has 0 spiro atoms. The summed E-state index contributed by atoms with van der Waals surface area (Å²) in [5, 5.41) is 9.75. The van der Waals surface area contributed by atoms with E-state index in [2.05, 4.69) is 25.9 Å². The van der Waals surface area contributed by atoms with Crippen LogP contribution in [0.2, 0.25) is 0 Å². The Bertz CT molecular complexity index is 585. The molecule has 1 rings (SSSR count). The minimum atomic E-state index is -0.557. The number of rotatable bonds is 9. The number of nitrogens with two attached hydrogens (primary N) is 2. The lowest BCUT2D eigenvalue weighted by Gasteiger charge is -2.19. The molecule has 2 unspecified atom stereocenters. The van der Waals surface area contributed by atoms with E-state index in [9.17, 15) is 9.59 Å². The second-order valence-electron chi connectivity index (χ2n) is 5.23. The van der Waals surface area contributed by atoms with Gasteiger partial charge in [0.2, 0.25) is 5.91 Å². The average molecular weight is 355 g/mol. The van der Waals surface area contributed by atoms with Gasteiger partial charge in [0.1, 0.15) is 10.7 Å². The average Bonchev–Trinajstić information content (AvgIpc) is 2.99. The van der Waals surface area contributed by atoms with E-state index in [1.807, 2.05) is 6.92 Å². The fourth-order valence-electron chi connectivity index (χ4n) is 1.81. The van der Waals surface area contributed by atoms with Crippen LogP contribution in [0.5, 0.6) is 0 Å². The Morgan fingerprint density at radius 1 is 1.38 bits per heavy atom. The largest absolute Gasteiger partial charge is 0.372 e. The highest BCUT2D eigenvalue weighted by Crippen LogP contribution is 2.16. The van der Waals surface area contributed by atoms with E-state index in [-0.39, 0.29) is 11.9 Å². The summed E-state index contributed by atoms with van der Waals surface area (Å²) in [7, 11) is 1.66. The molecule has 2 atom stereocenters. The van der Waals surface area contributed by atoms with Crippen molar-refractivity contribution >= 4 is 34.1 Å². The summed E-state index contributed by atoms with van der Waals surface area (Å²) < 4.78 is 0. The molecule has 1 heterocycles. The first-order valence-electron chi connectivity index (χ1n) is 7.61. The maximum atomic E-state index is 11.6. The van der Waals surface area contributed by atoms with E-state index in [0.717, 1.165) is 6.42 Å². The Hall–Kier alpha value is -2.20. The van der Waals surface area contributed by atoms with Crippen LogP contribution < -0.4 is 27.4 Å². The number of nitrogens with one attached hydrogen (secondary N) is 3. The van der Waals surface area contributed by atoms with Gasteiger partial charge in [0.25, 0.3) is 5.91 Å². The molecule has 2 amide bonds. The van der Waals surface area contributed by atoms with Crippen molar-refractivity contribution in [3.05, 3.63) is 11.1 Å². The molecule has 0 aliphatic rings. The van der Waals surface area contributed by atoms with Crippen LogP contribution in [-0.2, 0) is 4.79 Å². The van der Waals surface area contributed by atoms with Crippen molar-refractivity contribution in [3.8, 4) is 0 Å². The van der Waals surface area contributed by atoms with Crippen molar-refractivity contribution in [2.45, 2.75) is 32.4 Å². The van der Waals surface area contributed by atoms with Crippen LogP contribution in [0.1, 0.15) is 29.9 Å². The molecule has 1 aromatic rings. The SMILES string of the molecule is CN=C(NCCCNc1ncc(C(N)=O)s1)C(C)NC(=O)C(C)N. The summed E-state index contributed by atoms with van der Waals surface area (Å²) in [6.07, 6.45) is 2.26. The highest BCUT2D eigenvalue weighted by molar-refractivity contribution is 7.17. The van der Waals surface area contributed by atoms with Crippen molar-refractivity contribution in [2.75, 3.05) is 25.5 Å². The molecule has 0 fully saturated rings. The first-order valence-corrected chi connectivity index (χ1v) is 8.42. The van der Waals surface area contributed by atoms with Gasteiger partial charge in [-0.05, 0) is 20.3 Å². The number of aliphatic imine (C=N–C) groups is 1. The number of hydrogen-bond donors (Lipinski definition) is 5. The van der Waals surface area contributed by atoms with Gasteiger partial charge in [-0.1, -0.05) is 11.3 Å².